The molecule has 2 aromatic rings. The standard InChI is InChI=1S/C17H16N2O3S2/c20-17-11-23-16-8-7-13(10-14(16)18-17)24(21,22)19-9-3-5-12-4-1-2-6-15(12)19/h1-2,4,6-8,10H,3,5,9,11H2,(H,18,20). The predicted molar refractivity (Wildman–Crippen MR) is 95.1 cm³/mol. The summed E-state index contributed by atoms with van der Waals surface area (Å²) in [6.45, 7) is 0.470. The summed E-state index contributed by atoms with van der Waals surface area (Å²) in [5.74, 6) is 0.254. The number of nitrogens with one attached hydrogen (secondary N) is 1. The van der Waals surface area contributed by atoms with Crippen LogP contribution in [0.25, 0.3) is 0 Å². The molecule has 2 heterocycles. The highest BCUT2D eigenvalue weighted by atomic mass is 32.2. The molecule has 1 N–H and O–H groups in total. The Hall–Kier alpha value is -1.99. The molecular weight excluding hydrogens is 344 g/mol. The van der Waals surface area contributed by atoms with Gasteiger partial charge < -0.3 is 5.32 Å². The second-order valence-electron chi connectivity index (χ2n) is 5.80. The third-order valence-electron chi connectivity index (χ3n) is 4.24. The number of carbonyl (C=O) groups is 1. The lowest BCUT2D eigenvalue weighted by atomic mass is 10.0. The van der Waals surface area contributed by atoms with Crippen molar-refractivity contribution >= 4 is 39.1 Å². The number of anilines is 2. The minimum absolute atomic E-state index is 0.106. The Balaban J connectivity index is 1.77. The van der Waals surface area contributed by atoms with E-state index in [1.54, 1.807) is 18.2 Å². The minimum atomic E-state index is -3.65. The minimum Gasteiger partial charge on any atom is -0.324 e. The first-order valence-corrected chi connectivity index (χ1v) is 10.2. The highest BCUT2D eigenvalue weighted by Crippen LogP contribution is 2.36. The van der Waals surface area contributed by atoms with E-state index in [4.69, 9.17) is 0 Å². The normalized spacial score (nSPS) is 17.0. The van der Waals surface area contributed by atoms with Crippen molar-refractivity contribution in [2.24, 2.45) is 0 Å². The van der Waals surface area contributed by atoms with Gasteiger partial charge in [0.1, 0.15) is 0 Å². The van der Waals surface area contributed by atoms with Crippen molar-refractivity contribution in [3.8, 4) is 0 Å². The molecule has 7 heteroatoms. The summed E-state index contributed by atoms with van der Waals surface area (Å²) in [7, 11) is -3.65. The number of nitrogens with zero attached hydrogens (tertiary/aromatic N) is 1. The van der Waals surface area contributed by atoms with Gasteiger partial charge in [0.2, 0.25) is 5.91 Å². The number of hydrogen-bond donors (Lipinski definition) is 1. The summed E-state index contributed by atoms with van der Waals surface area (Å²) >= 11 is 1.42. The predicted octanol–water partition coefficient (Wildman–Crippen LogP) is 2.87. The van der Waals surface area contributed by atoms with Crippen LogP contribution in [-0.2, 0) is 21.2 Å². The maximum Gasteiger partial charge on any atom is 0.264 e. The molecule has 0 unspecified atom stereocenters. The zero-order valence-electron chi connectivity index (χ0n) is 12.9. The van der Waals surface area contributed by atoms with Crippen LogP contribution < -0.4 is 9.62 Å². The number of fused-ring (bicyclic) bond motifs is 2. The first-order chi connectivity index (χ1) is 11.6. The number of benzene rings is 2. The van der Waals surface area contributed by atoms with E-state index in [-0.39, 0.29) is 10.8 Å². The average molecular weight is 360 g/mol. The Bertz CT molecular complexity index is 925. The lowest BCUT2D eigenvalue weighted by Gasteiger charge is -2.30. The third-order valence-corrected chi connectivity index (χ3v) is 7.12. The molecule has 24 heavy (non-hydrogen) atoms. The molecule has 1 amide bonds. The molecule has 124 valence electrons. The van der Waals surface area contributed by atoms with E-state index in [1.165, 1.54) is 16.1 Å². The van der Waals surface area contributed by atoms with Gasteiger partial charge in [-0.05, 0) is 42.7 Å². The number of amides is 1. The van der Waals surface area contributed by atoms with Crippen molar-refractivity contribution in [1.82, 2.24) is 0 Å². The van der Waals surface area contributed by atoms with Crippen LogP contribution in [0.5, 0.6) is 0 Å². The molecule has 0 bridgehead atoms. The number of thioether (sulfide) groups is 1. The Morgan fingerprint density at radius 2 is 1.96 bits per heavy atom. The van der Waals surface area contributed by atoms with Crippen LogP contribution in [-0.4, -0.2) is 26.6 Å². The van der Waals surface area contributed by atoms with E-state index in [0.29, 0.717) is 18.0 Å². The van der Waals surface area contributed by atoms with E-state index < -0.39 is 10.0 Å². The molecule has 4 rings (SSSR count). The van der Waals surface area contributed by atoms with Gasteiger partial charge >= 0.3 is 0 Å². The van der Waals surface area contributed by atoms with Crippen molar-refractivity contribution in [1.29, 1.82) is 0 Å². The smallest absolute Gasteiger partial charge is 0.264 e. The molecule has 0 aliphatic carbocycles. The summed E-state index contributed by atoms with van der Waals surface area (Å²) in [6.07, 6.45) is 1.69. The molecule has 0 saturated carbocycles. The molecule has 0 atom stereocenters. The molecule has 2 aromatic carbocycles. The molecular formula is C17H16N2O3S2. The molecule has 2 aliphatic rings. The lowest BCUT2D eigenvalue weighted by molar-refractivity contribution is -0.113. The van der Waals surface area contributed by atoms with Crippen molar-refractivity contribution in [2.45, 2.75) is 22.6 Å². The number of rotatable bonds is 2. The second-order valence-corrected chi connectivity index (χ2v) is 8.68. The summed E-state index contributed by atoms with van der Waals surface area (Å²) < 4.78 is 27.7. The van der Waals surface area contributed by atoms with Gasteiger partial charge in [-0.3, -0.25) is 9.10 Å². The summed E-state index contributed by atoms with van der Waals surface area (Å²) in [5.41, 5.74) is 2.37. The monoisotopic (exact) mass is 360 g/mol. The van der Waals surface area contributed by atoms with E-state index in [2.05, 4.69) is 5.32 Å². The van der Waals surface area contributed by atoms with E-state index in [0.717, 1.165) is 29.0 Å². The fraction of sp³-hybridized carbons (Fsp3) is 0.235. The van der Waals surface area contributed by atoms with Crippen molar-refractivity contribution in [3.05, 3.63) is 48.0 Å². The molecule has 0 aromatic heterocycles. The van der Waals surface area contributed by atoms with Crippen molar-refractivity contribution in [2.75, 3.05) is 21.9 Å². The second kappa shape index (κ2) is 5.82. The van der Waals surface area contributed by atoms with Gasteiger partial charge in [-0.1, -0.05) is 18.2 Å². The number of carbonyl (C=O) groups excluding carboxylic acids is 1. The summed E-state index contributed by atoms with van der Waals surface area (Å²) in [5, 5.41) is 2.75. The number of para-hydroxylation sites is 1. The summed E-state index contributed by atoms with van der Waals surface area (Å²) in [4.78, 5) is 12.7. The first kappa shape index (κ1) is 15.5. The first-order valence-electron chi connectivity index (χ1n) is 7.73. The molecule has 2 aliphatic heterocycles. The highest BCUT2D eigenvalue weighted by Gasteiger charge is 2.30. The fourth-order valence-corrected chi connectivity index (χ4v) is 5.45. The van der Waals surface area contributed by atoms with Crippen LogP contribution in [0.2, 0.25) is 0 Å². The SMILES string of the molecule is O=C1CSc2ccc(S(=O)(=O)N3CCCc4ccccc43)cc2N1. The van der Waals surface area contributed by atoms with Gasteiger partial charge in [-0.25, -0.2) is 8.42 Å². The average Bonchev–Trinajstić information content (AvgIpc) is 2.60. The van der Waals surface area contributed by atoms with Gasteiger partial charge in [-0.2, -0.15) is 0 Å². The number of hydrogen-bond acceptors (Lipinski definition) is 4. The Labute approximate surface area is 145 Å². The van der Waals surface area contributed by atoms with Crippen LogP contribution in [0, 0.1) is 0 Å². The van der Waals surface area contributed by atoms with E-state index in [1.807, 2.05) is 24.3 Å². The quantitative estimate of drug-likeness (QED) is 0.894. The van der Waals surface area contributed by atoms with Crippen molar-refractivity contribution < 1.29 is 13.2 Å². The maximum absolute atomic E-state index is 13.1. The summed E-state index contributed by atoms with van der Waals surface area (Å²) in [6, 6.07) is 12.6. The van der Waals surface area contributed by atoms with Crippen molar-refractivity contribution in [3.63, 3.8) is 0 Å². The van der Waals surface area contributed by atoms with Gasteiger partial charge in [0.25, 0.3) is 10.0 Å². The largest absolute Gasteiger partial charge is 0.324 e. The Morgan fingerprint density at radius 3 is 2.83 bits per heavy atom. The number of aryl methyl sites for hydroxylation is 1. The van der Waals surface area contributed by atoms with E-state index >= 15 is 0 Å². The van der Waals surface area contributed by atoms with E-state index in [9.17, 15) is 13.2 Å². The zero-order chi connectivity index (χ0) is 16.7. The highest BCUT2D eigenvalue weighted by molar-refractivity contribution is 8.00. The zero-order valence-corrected chi connectivity index (χ0v) is 14.5. The molecule has 0 fully saturated rings. The lowest BCUT2D eigenvalue weighted by Crippen LogP contribution is -2.35. The maximum atomic E-state index is 13.1. The van der Waals surface area contributed by atoms with Crippen LogP contribution in [0.4, 0.5) is 11.4 Å². The Kier molecular flexibility index (Phi) is 3.77. The van der Waals surface area contributed by atoms with Crippen LogP contribution in [0.15, 0.2) is 52.3 Å². The molecule has 0 saturated heterocycles. The number of sulfonamides is 1. The molecule has 0 radical (unpaired) electrons. The van der Waals surface area contributed by atoms with Gasteiger partial charge in [0, 0.05) is 11.4 Å². The topological polar surface area (TPSA) is 66.5 Å². The molecule has 0 spiro atoms. The molecule has 5 nitrogen and oxygen atoms in total. The Morgan fingerprint density at radius 1 is 1.12 bits per heavy atom. The van der Waals surface area contributed by atoms with Gasteiger partial charge in [0.05, 0.1) is 22.0 Å². The third kappa shape index (κ3) is 2.57. The van der Waals surface area contributed by atoms with Gasteiger partial charge in [-0.15, -0.1) is 11.8 Å². The van der Waals surface area contributed by atoms with Crippen LogP contribution in [0.1, 0.15) is 12.0 Å². The fourth-order valence-electron chi connectivity index (χ4n) is 3.10. The van der Waals surface area contributed by atoms with Crippen LogP contribution >= 0.6 is 11.8 Å². The van der Waals surface area contributed by atoms with Crippen LogP contribution in [0.3, 0.4) is 0 Å². The van der Waals surface area contributed by atoms with Gasteiger partial charge in [0.15, 0.2) is 0 Å².